The van der Waals surface area contributed by atoms with Crippen LogP contribution in [0.4, 0.5) is 0 Å². The van der Waals surface area contributed by atoms with Crippen LogP contribution in [0.15, 0.2) is 4.79 Å². The van der Waals surface area contributed by atoms with E-state index in [9.17, 15) is 9.59 Å². The number of fused-ring (bicyclic) bond motifs is 1. The summed E-state index contributed by atoms with van der Waals surface area (Å²) in [6, 6.07) is 0.507. The summed E-state index contributed by atoms with van der Waals surface area (Å²) in [5, 5.41) is 0. The SMILES string of the molecule is O=C(C[C@H]1CCCCO1)N1CCCC[C@H]1c1nc2c(c(=O)[nH]1)CCN(C1CCCCC1)C2. The van der Waals surface area contributed by atoms with E-state index in [0.29, 0.717) is 18.3 Å². The molecule has 0 bridgehead atoms. The molecule has 176 valence electrons. The van der Waals surface area contributed by atoms with Gasteiger partial charge in [0.1, 0.15) is 5.82 Å². The van der Waals surface area contributed by atoms with Gasteiger partial charge >= 0.3 is 0 Å². The van der Waals surface area contributed by atoms with E-state index in [1.807, 2.05) is 4.90 Å². The molecule has 3 fully saturated rings. The number of carbonyl (C=O) groups is 1. The standard InChI is InChI=1S/C25H38N4O3/c30-23(16-19-10-5-7-15-32-19)29-13-6-4-11-22(29)24-26-21-17-28(18-8-2-1-3-9-18)14-12-20(21)25(31)27-24/h18-19,22H,1-17H2,(H,26,27,31)/t19-,22+/m1/s1. The van der Waals surface area contributed by atoms with Gasteiger partial charge in [0.25, 0.3) is 5.56 Å². The maximum absolute atomic E-state index is 13.2. The lowest BCUT2D eigenvalue weighted by molar-refractivity contribution is -0.139. The average molecular weight is 443 g/mol. The third-order valence-electron chi connectivity index (χ3n) is 8.03. The number of piperidine rings is 1. The van der Waals surface area contributed by atoms with Crippen LogP contribution in [0.2, 0.25) is 0 Å². The van der Waals surface area contributed by atoms with Crippen molar-refractivity contribution in [3.8, 4) is 0 Å². The van der Waals surface area contributed by atoms with Crippen LogP contribution >= 0.6 is 0 Å². The summed E-state index contributed by atoms with van der Waals surface area (Å²) in [5.41, 5.74) is 1.79. The maximum Gasteiger partial charge on any atom is 0.254 e. The zero-order valence-corrected chi connectivity index (χ0v) is 19.3. The number of likely N-dealkylation sites (tertiary alicyclic amines) is 1. The van der Waals surface area contributed by atoms with Crippen molar-refractivity contribution < 1.29 is 9.53 Å². The second kappa shape index (κ2) is 10.0. The van der Waals surface area contributed by atoms with Gasteiger partial charge in [-0.3, -0.25) is 14.5 Å². The lowest BCUT2D eigenvalue weighted by Gasteiger charge is -2.38. The molecule has 3 aliphatic heterocycles. The molecule has 2 saturated heterocycles. The molecule has 7 nitrogen and oxygen atoms in total. The summed E-state index contributed by atoms with van der Waals surface area (Å²) in [6.07, 6.45) is 13.9. The molecule has 1 N–H and O–H groups in total. The average Bonchev–Trinajstić information content (AvgIpc) is 2.85. The predicted octanol–water partition coefficient (Wildman–Crippen LogP) is 3.47. The molecule has 0 aromatic carbocycles. The number of aromatic nitrogens is 2. The van der Waals surface area contributed by atoms with E-state index in [0.717, 1.165) is 82.4 Å². The summed E-state index contributed by atoms with van der Waals surface area (Å²) in [7, 11) is 0. The van der Waals surface area contributed by atoms with E-state index in [1.54, 1.807) is 0 Å². The molecular weight excluding hydrogens is 404 g/mol. The van der Waals surface area contributed by atoms with Gasteiger partial charge in [-0.25, -0.2) is 4.98 Å². The van der Waals surface area contributed by atoms with E-state index >= 15 is 0 Å². The van der Waals surface area contributed by atoms with Crippen molar-refractivity contribution in [2.45, 2.75) is 108 Å². The first-order chi connectivity index (χ1) is 15.7. The third-order valence-corrected chi connectivity index (χ3v) is 8.03. The highest BCUT2D eigenvalue weighted by Gasteiger charge is 2.33. The van der Waals surface area contributed by atoms with Gasteiger partial charge in [0.15, 0.2) is 0 Å². The number of nitrogens with one attached hydrogen (secondary N) is 1. The molecule has 5 rings (SSSR count). The molecule has 32 heavy (non-hydrogen) atoms. The summed E-state index contributed by atoms with van der Waals surface area (Å²) >= 11 is 0. The molecule has 0 unspecified atom stereocenters. The largest absolute Gasteiger partial charge is 0.378 e. The first-order valence-corrected chi connectivity index (χ1v) is 13.0. The van der Waals surface area contributed by atoms with Gasteiger partial charge in [-0.2, -0.15) is 0 Å². The van der Waals surface area contributed by atoms with Crippen molar-refractivity contribution in [3.63, 3.8) is 0 Å². The zero-order valence-electron chi connectivity index (χ0n) is 19.3. The van der Waals surface area contributed by atoms with Gasteiger partial charge in [-0.15, -0.1) is 0 Å². The number of rotatable bonds is 4. The van der Waals surface area contributed by atoms with Crippen molar-refractivity contribution in [1.29, 1.82) is 0 Å². The van der Waals surface area contributed by atoms with Crippen molar-refractivity contribution >= 4 is 5.91 Å². The van der Waals surface area contributed by atoms with Crippen molar-refractivity contribution in [3.05, 3.63) is 27.4 Å². The van der Waals surface area contributed by atoms with E-state index in [2.05, 4.69) is 9.88 Å². The Morgan fingerprint density at radius 1 is 1.00 bits per heavy atom. The second-order valence-electron chi connectivity index (χ2n) is 10.2. The summed E-state index contributed by atoms with van der Waals surface area (Å²) in [4.78, 5) is 38.8. The van der Waals surface area contributed by atoms with E-state index < -0.39 is 0 Å². The molecule has 1 aromatic heterocycles. The van der Waals surface area contributed by atoms with Crippen LogP contribution < -0.4 is 5.56 Å². The fourth-order valence-corrected chi connectivity index (χ4v) is 6.19. The minimum atomic E-state index is -0.122. The minimum Gasteiger partial charge on any atom is -0.378 e. The Balaban J connectivity index is 1.34. The molecule has 4 aliphatic rings. The van der Waals surface area contributed by atoms with E-state index in [1.165, 1.54) is 32.1 Å². The number of amides is 1. The van der Waals surface area contributed by atoms with E-state index in [-0.39, 0.29) is 23.6 Å². The van der Waals surface area contributed by atoms with Crippen LogP contribution in [-0.4, -0.2) is 57.5 Å². The Hall–Kier alpha value is -1.73. The predicted molar refractivity (Wildman–Crippen MR) is 122 cm³/mol. The molecule has 2 atom stereocenters. The molecule has 1 saturated carbocycles. The van der Waals surface area contributed by atoms with Crippen LogP contribution in [0.1, 0.15) is 100 Å². The third kappa shape index (κ3) is 4.79. The first-order valence-electron chi connectivity index (χ1n) is 13.0. The van der Waals surface area contributed by atoms with E-state index in [4.69, 9.17) is 9.72 Å². The normalized spacial score (nSPS) is 27.8. The Kier molecular flexibility index (Phi) is 6.93. The highest BCUT2D eigenvalue weighted by Crippen LogP contribution is 2.32. The van der Waals surface area contributed by atoms with Crippen LogP contribution in [0.3, 0.4) is 0 Å². The Morgan fingerprint density at radius 2 is 1.81 bits per heavy atom. The molecule has 4 heterocycles. The molecule has 1 amide bonds. The number of aromatic amines is 1. The van der Waals surface area contributed by atoms with Crippen LogP contribution in [-0.2, 0) is 22.5 Å². The van der Waals surface area contributed by atoms with Crippen molar-refractivity contribution in [2.75, 3.05) is 19.7 Å². The number of H-pyrrole nitrogens is 1. The Morgan fingerprint density at radius 3 is 2.62 bits per heavy atom. The quantitative estimate of drug-likeness (QED) is 0.772. The van der Waals surface area contributed by atoms with Crippen LogP contribution in [0, 0.1) is 0 Å². The van der Waals surface area contributed by atoms with Gasteiger partial charge < -0.3 is 14.6 Å². The van der Waals surface area contributed by atoms with Gasteiger partial charge in [-0.05, 0) is 57.8 Å². The van der Waals surface area contributed by atoms with Crippen LogP contribution in [0.5, 0.6) is 0 Å². The lowest BCUT2D eigenvalue weighted by Crippen LogP contribution is -2.44. The highest BCUT2D eigenvalue weighted by atomic mass is 16.5. The maximum atomic E-state index is 13.2. The number of hydrogen-bond donors (Lipinski definition) is 1. The monoisotopic (exact) mass is 442 g/mol. The fraction of sp³-hybridized carbons (Fsp3) is 0.800. The molecule has 7 heteroatoms. The van der Waals surface area contributed by atoms with Gasteiger partial charge in [-0.1, -0.05) is 19.3 Å². The fourth-order valence-electron chi connectivity index (χ4n) is 6.19. The molecule has 1 aromatic rings. The van der Waals surface area contributed by atoms with Gasteiger partial charge in [0.05, 0.1) is 24.3 Å². The van der Waals surface area contributed by atoms with Crippen molar-refractivity contribution in [2.24, 2.45) is 0 Å². The highest BCUT2D eigenvalue weighted by molar-refractivity contribution is 5.77. The molecule has 1 aliphatic carbocycles. The summed E-state index contributed by atoms with van der Waals surface area (Å²) in [5.74, 6) is 0.836. The van der Waals surface area contributed by atoms with Crippen molar-refractivity contribution in [1.82, 2.24) is 19.8 Å². The topological polar surface area (TPSA) is 78.5 Å². The molecular formula is C25H38N4O3. The zero-order chi connectivity index (χ0) is 21.9. The lowest BCUT2D eigenvalue weighted by atomic mass is 9.92. The van der Waals surface area contributed by atoms with Gasteiger partial charge in [0, 0.05) is 37.8 Å². The summed E-state index contributed by atoms with van der Waals surface area (Å²) < 4.78 is 5.82. The smallest absolute Gasteiger partial charge is 0.254 e. The van der Waals surface area contributed by atoms with Crippen LogP contribution in [0.25, 0.3) is 0 Å². The summed E-state index contributed by atoms with van der Waals surface area (Å²) in [6.45, 7) is 3.23. The Bertz CT molecular complexity index is 857. The van der Waals surface area contributed by atoms with Gasteiger partial charge in [0.2, 0.25) is 5.91 Å². The minimum absolute atomic E-state index is 0.00174. The number of ether oxygens (including phenoxy) is 1. The Labute approximate surface area is 190 Å². The number of carbonyl (C=O) groups excluding carboxylic acids is 1. The molecule has 0 radical (unpaired) electrons. The first kappa shape index (κ1) is 22.1. The number of hydrogen-bond acceptors (Lipinski definition) is 5. The molecule has 0 spiro atoms. The second-order valence-corrected chi connectivity index (χ2v) is 10.2. The number of nitrogens with zero attached hydrogens (tertiary/aromatic N) is 3.